The molecule has 0 bridgehead atoms. The Morgan fingerprint density at radius 1 is 1.19 bits per heavy atom. The van der Waals surface area contributed by atoms with Crippen molar-refractivity contribution in [3.05, 3.63) is 64.9 Å². The van der Waals surface area contributed by atoms with Crippen molar-refractivity contribution < 1.29 is 14.3 Å². The molecule has 0 radical (unpaired) electrons. The fourth-order valence-corrected chi connectivity index (χ4v) is 2.84. The Morgan fingerprint density at radius 2 is 1.96 bits per heavy atom. The highest BCUT2D eigenvalue weighted by atomic mass is 35.5. The van der Waals surface area contributed by atoms with Crippen LogP contribution in [0.2, 0.25) is 5.02 Å². The zero-order valence-electron chi connectivity index (χ0n) is 15.2. The fraction of sp³-hybridized carbons (Fsp3) is 0.211. The van der Waals surface area contributed by atoms with Crippen molar-refractivity contribution in [3.8, 4) is 17.2 Å². The van der Waals surface area contributed by atoms with Gasteiger partial charge in [0.15, 0.2) is 5.69 Å². The summed E-state index contributed by atoms with van der Waals surface area (Å²) in [5.74, 6) is 1.08. The van der Waals surface area contributed by atoms with E-state index in [1.165, 1.54) is 4.68 Å². The van der Waals surface area contributed by atoms with E-state index in [-0.39, 0.29) is 11.6 Å². The Labute approximate surface area is 162 Å². The SMILES string of the molecule is COc1ccc(CN(C)C(=O)c2cn(-c3ccccc3Cl)nn2)c(OC)c1. The van der Waals surface area contributed by atoms with Crippen LogP contribution < -0.4 is 9.47 Å². The Kier molecular flexibility index (Phi) is 5.61. The number of hydrogen-bond donors (Lipinski definition) is 0. The van der Waals surface area contributed by atoms with Gasteiger partial charge < -0.3 is 14.4 Å². The molecule has 0 fully saturated rings. The average Bonchev–Trinajstić information content (AvgIpc) is 3.17. The third kappa shape index (κ3) is 4.03. The maximum Gasteiger partial charge on any atom is 0.276 e. The molecular formula is C19H19ClN4O3. The number of methoxy groups -OCH3 is 2. The molecule has 0 unspecified atom stereocenters. The van der Waals surface area contributed by atoms with Gasteiger partial charge in [-0.25, -0.2) is 4.68 Å². The summed E-state index contributed by atoms with van der Waals surface area (Å²) in [6, 6.07) is 12.7. The molecule has 0 aliphatic rings. The molecule has 1 amide bonds. The number of rotatable bonds is 6. The van der Waals surface area contributed by atoms with Gasteiger partial charge in [0, 0.05) is 25.2 Å². The quantitative estimate of drug-likeness (QED) is 0.650. The summed E-state index contributed by atoms with van der Waals surface area (Å²) in [7, 11) is 4.86. The number of benzene rings is 2. The maximum absolute atomic E-state index is 12.7. The first-order valence-corrected chi connectivity index (χ1v) is 8.55. The van der Waals surface area contributed by atoms with E-state index < -0.39 is 0 Å². The molecule has 0 saturated carbocycles. The van der Waals surface area contributed by atoms with Gasteiger partial charge in [-0.05, 0) is 24.3 Å². The van der Waals surface area contributed by atoms with Gasteiger partial charge >= 0.3 is 0 Å². The fourth-order valence-electron chi connectivity index (χ4n) is 2.62. The highest BCUT2D eigenvalue weighted by Gasteiger charge is 2.18. The third-order valence-electron chi connectivity index (χ3n) is 4.06. The molecular weight excluding hydrogens is 368 g/mol. The van der Waals surface area contributed by atoms with E-state index in [1.54, 1.807) is 50.6 Å². The Morgan fingerprint density at radius 3 is 2.67 bits per heavy atom. The molecule has 3 aromatic rings. The third-order valence-corrected chi connectivity index (χ3v) is 4.38. The number of nitrogens with zero attached hydrogens (tertiary/aromatic N) is 4. The first kappa shape index (κ1) is 18.7. The summed E-state index contributed by atoms with van der Waals surface area (Å²) in [5.41, 5.74) is 1.74. The van der Waals surface area contributed by atoms with Crippen LogP contribution in [0.1, 0.15) is 16.1 Å². The second-order valence-electron chi connectivity index (χ2n) is 5.84. The number of amides is 1. The number of carbonyl (C=O) groups excluding carboxylic acids is 1. The van der Waals surface area contributed by atoms with Gasteiger partial charge in [0.1, 0.15) is 11.5 Å². The number of hydrogen-bond acceptors (Lipinski definition) is 5. The molecule has 3 rings (SSSR count). The predicted octanol–water partition coefficient (Wildman–Crippen LogP) is 3.21. The summed E-state index contributed by atoms with van der Waals surface area (Å²) >= 11 is 6.17. The highest BCUT2D eigenvalue weighted by molar-refractivity contribution is 6.32. The lowest BCUT2D eigenvalue weighted by Crippen LogP contribution is -2.26. The van der Waals surface area contributed by atoms with E-state index in [1.807, 2.05) is 24.3 Å². The van der Waals surface area contributed by atoms with Gasteiger partial charge in [0.2, 0.25) is 0 Å². The van der Waals surface area contributed by atoms with Crippen LogP contribution in [0.3, 0.4) is 0 Å². The summed E-state index contributed by atoms with van der Waals surface area (Å²) in [4.78, 5) is 14.3. The van der Waals surface area contributed by atoms with E-state index >= 15 is 0 Å². The molecule has 0 aliphatic carbocycles. The van der Waals surface area contributed by atoms with Crippen LogP contribution in [0, 0.1) is 0 Å². The number of ether oxygens (including phenoxy) is 2. The van der Waals surface area contributed by atoms with Gasteiger partial charge in [-0.15, -0.1) is 5.10 Å². The predicted molar refractivity (Wildman–Crippen MR) is 102 cm³/mol. The molecule has 0 aliphatic heterocycles. The zero-order valence-corrected chi connectivity index (χ0v) is 16.0. The van der Waals surface area contributed by atoms with Crippen molar-refractivity contribution in [2.45, 2.75) is 6.54 Å². The summed E-state index contributed by atoms with van der Waals surface area (Å²) < 4.78 is 12.1. The first-order chi connectivity index (χ1) is 13.0. The number of aromatic nitrogens is 3. The van der Waals surface area contributed by atoms with Crippen LogP contribution >= 0.6 is 11.6 Å². The molecule has 0 N–H and O–H groups in total. The van der Waals surface area contributed by atoms with Crippen molar-refractivity contribution in [3.63, 3.8) is 0 Å². The zero-order chi connectivity index (χ0) is 19.4. The molecule has 8 heteroatoms. The van der Waals surface area contributed by atoms with Crippen molar-refractivity contribution in [2.75, 3.05) is 21.3 Å². The Bertz CT molecular complexity index is 958. The van der Waals surface area contributed by atoms with E-state index in [9.17, 15) is 4.79 Å². The monoisotopic (exact) mass is 386 g/mol. The van der Waals surface area contributed by atoms with Crippen molar-refractivity contribution >= 4 is 17.5 Å². The Hall–Kier alpha value is -3.06. The van der Waals surface area contributed by atoms with Crippen molar-refractivity contribution in [2.24, 2.45) is 0 Å². The van der Waals surface area contributed by atoms with Crippen LogP contribution in [0.5, 0.6) is 11.5 Å². The standard InChI is InChI=1S/C19H19ClN4O3/c1-23(11-13-8-9-14(26-2)10-18(13)27-3)19(25)16-12-24(22-21-16)17-7-5-4-6-15(17)20/h4-10,12H,11H2,1-3H3. The number of carbonyl (C=O) groups is 1. The van der Waals surface area contributed by atoms with Gasteiger partial charge in [-0.2, -0.15) is 0 Å². The molecule has 7 nitrogen and oxygen atoms in total. The van der Waals surface area contributed by atoms with E-state index in [4.69, 9.17) is 21.1 Å². The molecule has 1 heterocycles. The van der Waals surface area contributed by atoms with Crippen LogP contribution in [-0.4, -0.2) is 47.1 Å². The van der Waals surface area contributed by atoms with Crippen molar-refractivity contribution in [1.82, 2.24) is 19.9 Å². The molecule has 0 saturated heterocycles. The molecule has 140 valence electrons. The maximum atomic E-state index is 12.7. The van der Waals surface area contributed by atoms with Gasteiger partial charge in [-0.3, -0.25) is 4.79 Å². The van der Waals surface area contributed by atoms with Gasteiger partial charge in [-0.1, -0.05) is 28.9 Å². The molecule has 0 spiro atoms. The van der Waals surface area contributed by atoms with E-state index in [0.717, 1.165) is 5.56 Å². The first-order valence-electron chi connectivity index (χ1n) is 8.17. The Balaban J connectivity index is 1.78. The molecule has 0 atom stereocenters. The second kappa shape index (κ2) is 8.09. The molecule has 2 aromatic carbocycles. The smallest absolute Gasteiger partial charge is 0.276 e. The summed E-state index contributed by atoms with van der Waals surface area (Å²) in [6.07, 6.45) is 1.56. The lowest BCUT2D eigenvalue weighted by atomic mass is 10.1. The van der Waals surface area contributed by atoms with Crippen LogP contribution in [0.25, 0.3) is 5.69 Å². The number of para-hydroxylation sites is 1. The van der Waals surface area contributed by atoms with Crippen LogP contribution in [0.4, 0.5) is 0 Å². The number of halogens is 1. The lowest BCUT2D eigenvalue weighted by Gasteiger charge is -2.18. The topological polar surface area (TPSA) is 69.5 Å². The van der Waals surface area contributed by atoms with Gasteiger partial charge in [0.05, 0.1) is 31.1 Å². The lowest BCUT2D eigenvalue weighted by molar-refractivity contribution is 0.0778. The highest BCUT2D eigenvalue weighted by Crippen LogP contribution is 2.26. The second-order valence-corrected chi connectivity index (χ2v) is 6.25. The van der Waals surface area contributed by atoms with E-state index in [0.29, 0.717) is 28.8 Å². The van der Waals surface area contributed by atoms with Crippen molar-refractivity contribution in [1.29, 1.82) is 0 Å². The summed E-state index contributed by atoms with van der Waals surface area (Å²) in [6.45, 7) is 0.352. The van der Waals surface area contributed by atoms with E-state index in [2.05, 4.69) is 10.3 Å². The van der Waals surface area contributed by atoms with Crippen LogP contribution in [0.15, 0.2) is 48.7 Å². The minimum absolute atomic E-state index is 0.227. The molecule has 27 heavy (non-hydrogen) atoms. The van der Waals surface area contributed by atoms with Crippen LogP contribution in [-0.2, 0) is 6.54 Å². The largest absolute Gasteiger partial charge is 0.497 e. The minimum atomic E-state index is -0.258. The average molecular weight is 387 g/mol. The minimum Gasteiger partial charge on any atom is -0.497 e. The van der Waals surface area contributed by atoms with Gasteiger partial charge in [0.25, 0.3) is 5.91 Å². The molecule has 1 aromatic heterocycles. The normalized spacial score (nSPS) is 10.5. The summed E-state index contributed by atoms with van der Waals surface area (Å²) in [5, 5.41) is 8.51.